The number of carbonyl (C=O) groups excluding carboxylic acids is 1. The summed E-state index contributed by atoms with van der Waals surface area (Å²) in [6, 6.07) is 0.502. The fraction of sp³-hybridized carbons (Fsp3) is 0.923. The van der Waals surface area contributed by atoms with Crippen LogP contribution in [0.5, 0.6) is 0 Å². The number of ether oxygens (including phenoxy) is 1. The minimum absolute atomic E-state index is 0.116. The number of carbonyl (C=O) groups is 1. The second kappa shape index (κ2) is 5.99. The van der Waals surface area contributed by atoms with Crippen LogP contribution in [-0.2, 0) is 9.53 Å². The van der Waals surface area contributed by atoms with Crippen molar-refractivity contribution in [3.63, 3.8) is 0 Å². The first-order chi connectivity index (χ1) is 8.58. The lowest BCUT2D eigenvalue weighted by atomic mass is 10.2. The van der Waals surface area contributed by atoms with Crippen molar-refractivity contribution in [1.82, 2.24) is 15.1 Å². The first-order valence-electron chi connectivity index (χ1n) is 6.88. The van der Waals surface area contributed by atoms with Gasteiger partial charge in [-0.15, -0.1) is 0 Å². The van der Waals surface area contributed by atoms with Crippen LogP contribution in [0, 0.1) is 0 Å². The zero-order valence-electron chi connectivity index (χ0n) is 11.7. The number of nitrogens with one attached hydrogen (secondary N) is 1. The highest BCUT2D eigenvalue weighted by Crippen LogP contribution is 2.22. The molecule has 0 aliphatic carbocycles. The Bertz CT molecular complexity index is 296. The van der Waals surface area contributed by atoms with Crippen LogP contribution >= 0.6 is 0 Å². The highest BCUT2D eigenvalue weighted by atomic mass is 16.5. The van der Waals surface area contributed by atoms with Gasteiger partial charge in [-0.05, 0) is 26.3 Å². The summed E-state index contributed by atoms with van der Waals surface area (Å²) in [5, 5.41) is 3.27. The Hall–Kier alpha value is -0.650. The Kier molecular flexibility index (Phi) is 4.59. The SMILES string of the molecule is CC(NCC1CN2CCCC2CO1)C(=O)N(C)C. The Morgan fingerprint density at radius 1 is 1.56 bits per heavy atom. The zero-order valence-corrected chi connectivity index (χ0v) is 11.7. The van der Waals surface area contributed by atoms with E-state index < -0.39 is 0 Å². The molecule has 2 aliphatic heterocycles. The van der Waals surface area contributed by atoms with Crippen LogP contribution in [-0.4, -0.2) is 74.2 Å². The first-order valence-corrected chi connectivity index (χ1v) is 6.88. The number of hydrogen-bond donors (Lipinski definition) is 1. The van der Waals surface area contributed by atoms with E-state index in [0.29, 0.717) is 6.04 Å². The van der Waals surface area contributed by atoms with Gasteiger partial charge in [-0.1, -0.05) is 0 Å². The lowest BCUT2D eigenvalue weighted by Crippen LogP contribution is -2.52. The largest absolute Gasteiger partial charge is 0.374 e. The van der Waals surface area contributed by atoms with Gasteiger partial charge in [-0.3, -0.25) is 9.69 Å². The van der Waals surface area contributed by atoms with Crippen LogP contribution in [0.25, 0.3) is 0 Å². The third kappa shape index (κ3) is 3.22. The van der Waals surface area contributed by atoms with Crippen molar-refractivity contribution >= 4 is 5.91 Å². The van der Waals surface area contributed by atoms with Crippen LogP contribution in [0.4, 0.5) is 0 Å². The van der Waals surface area contributed by atoms with Crippen LogP contribution in [0.15, 0.2) is 0 Å². The monoisotopic (exact) mass is 255 g/mol. The molecule has 5 nitrogen and oxygen atoms in total. The summed E-state index contributed by atoms with van der Waals surface area (Å²) >= 11 is 0. The highest BCUT2D eigenvalue weighted by molar-refractivity contribution is 5.80. The molecular weight excluding hydrogens is 230 g/mol. The van der Waals surface area contributed by atoms with Gasteiger partial charge < -0.3 is 15.0 Å². The predicted molar refractivity (Wildman–Crippen MR) is 70.5 cm³/mol. The molecule has 3 atom stereocenters. The Morgan fingerprint density at radius 2 is 2.33 bits per heavy atom. The molecule has 0 aromatic rings. The van der Waals surface area contributed by atoms with E-state index in [1.807, 2.05) is 6.92 Å². The number of likely N-dealkylation sites (N-methyl/N-ethyl adjacent to an activating group) is 1. The molecule has 1 N–H and O–H groups in total. The lowest BCUT2D eigenvalue weighted by molar-refractivity contribution is -0.130. The second-order valence-electron chi connectivity index (χ2n) is 5.61. The van der Waals surface area contributed by atoms with E-state index >= 15 is 0 Å². The molecular formula is C13H25N3O2. The Morgan fingerprint density at radius 3 is 3.06 bits per heavy atom. The van der Waals surface area contributed by atoms with Crippen molar-refractivity contribution in [3.05, 3.63) is 0 Å². The van der Waals surface area contributed by atoms with Crippen molar-refractivity contribution < 1.29 is 9.53 Å². The van der Waals surface area contributed by atoms with E-state index in [2.05, 4.69) is 10.2 Å². The van der Waals surface area contributed by atoms with Crippen molar-refractivity contribution in [2.75, 3.05) is 40.3 Å². The Labute approximate surface area is 109 Å². The molecule has 18 heavy (non-hydrogen) atoms. The van der Waals surface area contributed by atoms with E-state index in [1.165, 1.54) is 19.4 Å². The van der Waals surface area contributed by atoms with Crippen molar-refractivity contribution in [1.29, 1.82) is 0 Å². The van der Waals surface area contributed by atoms with Gasteiger partial charge in [0.2, 0.25) is 5.91 Å². The van der Waals surface area contributed by atoms with Crippen molar-refractivity contribution in [2.45, 2.75) is 38.0 Å². The van der Waals surface area contributed by atoms with E-state index in [4.69, 9.17) is 4.74 Å². The molecule has 0 spiro atoms. The molecule has 0 aromatic carbocycles. The summed E-state index contributed by atoms with van der Waals surface area (Å²) in [6.45, 7) is 5.72. The van der Waals surface area contributed by atoms with Crippen molar-refractivity contribution in [2.24, 2.45) is 0 Å². The minimum Gasteiger partial charge on any atom is -0.374 e. The number of nitrogens with zero attached hydrogens (tertiary/aromatic N) is 2. The van der Waals surface area contributed by atoms with Gasteiger partial charge in [-0.2, -0.15) is 0 Å². The fourth-order valence-corrected chi connectivity index (χ4v) is 2.79. The molecule has 104 valence electrons. The van der Waals surface area contributed by atoms with E-state index in [-0.39, 0.29) is 18.1 Å². The third-order valence-corrected chi connectivity index (χ3v) is 3.92. The molecule has 2 rings (SSSR count). The minimum atomic E-state index is -0.139. The van der Waals surface area contributed by atoms with E-state index in [0.717, 1.165) is 19.7 Å². The zero-order chi connectivity index (χ0) is 13.1. The molecule has 2 saturated heterocycles. The standard InChI is InChI=1S/C13H25N3O2/c1-10(13(17)15(2)3)14-7-12-8-16-6-4-5-11(16)9-18-12/h10-12,14H,4-9H2,1-3H3. The molecule has 5 heteroatoms. The number of rotatable bonds is 4. The summed E-state index contributed by atoms with van der Waals surface area (Å²) in [4.78, 5) is 15.9. The topological polar surface area (TPSA) is 44.8 Å². The average molecular weight is 255 g/mol. The van der Waals surface area contributed by atoms with Crippen LogP contribution in [0.2, 0.25) is 0 Å². The van der Waals surface area contributed by atoms with Crippen molar-refractivity contribution in [3.8, 4) is 0 Å². The summed E-state index contributed by atoms with van der Waals surface area (Å²) in [7, 11) is 3.57. The molecule has 2 fully saturated rings. The van der Waals surface area contributed by atoms with Crippen LogP contribution < -0.4 is 5.32 Å². The van der Waals surface area contributed by atoms with Crippen LogP contribution in [0.3, 0.4) is 0 Å². The van der Waals surface area contributed by atoms with Crippen LogP contribution in [0.1, 0.15) is 19.8 Å². The smallest absolute Gasteiger partial charge is 0.238 e. The molecule has 0 aromatic heterocycles. The normalized spacial score (nSPS) is 29.9. The lowest BCUT2D eigenvalue weighted by Gasteiger charge is -2.35. The molecule has 0 saturated carbocycles. The summed E-state index contributed by atoms with van der Waals surface area (Å²) in [5.41, 5.74) is 0. The molecule has 2 heterocycles. The predicted octanol–water partition coefficient (Wildman–Crippen LogP) is -0.0841. The number of hydrogen-bond acceptors (Lipinski definition) is 4. The van der Waals surface area contributed by atoms with Gasteiger partial charge in [0.25, 0.3) is 0 Å². The number of fused-ring (bicyclic) bond motifs is 1. The summed E-state index contributed by atoms with van der Waals surface area (Å²) in [6.07, 6.45) is 2.79. The highest BCUT2D eigenvalue weighted by Gasteiger charge is 2.32. The van der Waals surface area contributed by atoms with Gasteiger partial charge in [0.05, 0.1) is 18.8 Å². The third-order valence-electron chi connectivity index (χ3n) is 3.92. The fourth-order valence-electron chi connectivity index (χ4n) is 2.79. The number of amides is 1. The molecule has 0 bridgehead atoms. The van der Waals surface area contributed by atoms with Gasteiger partial charge in [-0.25, -0.2) is 0 Å². The van der Waals surface area contributed by atoms with E-state index in [1.54, 1.807) is 19.0 Å². The quantitative estimate of drug-likeness (QED) is 0.763. The number of morpholine rings is 1. The average Bonchev–Trinajstić information content (AvgIpc) is 2.82. The van der Waals surface area contributed by atoms with Gasteiger partial charge in [0.1, 0.15) is 0 Å². The maximum Gasteiger partial charge on any atom is 0.238 e. The van der Waals surface area contributed by atoms with Gasteiger partial charge >= 0.3 is 0 Å². The summed E-state index contributed by atoms with van der Waals surface area (Å²) in [5.74, 6) is 0.116. The molecule has 0 radical (unpaired) electrons. The maximum atomic E-state index is 11.7. The Balaban J connectivity index is 1.72. The summed E-state index contributed by atoms with van der Waals surface area (Å²) < 4.78 is 5.85. The van der Waals surface area contributed by atoms with E-state index in [9.17, 15) is 4.79 Å². The molecule has 1 amide bonds. The molecule has 2 aliphatic rings. The first kappa shape index (κ1) is 13.8. The van der Waals surface area contributed by atoms with Gasteiger partial charge in [0.15, 0.2) is 0 Å². The molecule has 3 unspecified atom stereocenters. The maximum absolute atomic E-state index is 11.7. The van der Waals surface area contributed by atoms with Gasteiger partial charge in [0, 0.05) is 33.2 Å². The second-order valence-corrected chi connectivity index (χ2v) is 5.61.